The van der Waals surface area contributed by atoms with Crippen LogP contribution in [0.1, 0.15) is 16.6 Å². The first-order valence-electron chi connectivity index (χ1n) is 5.50. The molecule has 1 aliphatic rings. The number of hydrogen-bond donors (Lipinski definition) is 1. The molecule has 0 saturated carbocycles. The summed E-state index contributed by atoms with van der Waals surface area (Å²) in [5.74, 6) is 0.154. The van der Waals surface area contributed by atoms with Crippen molar-refractivity contribution < 1.29 is 4.79 Å². The minimum atomic E-state index is 0.154. The number of rotatable bonds is 2. The van der Waals surface area contributed by atoms with Gasteiger partial charge in [-0.2, -0.15) is 0 Å². The number of piperazine rings is 1. The quantitative estimate of drug-likeness (QED) is 0.816. The van der Waals surface area contributed by atoms with E-state index < -0.39 is 0 Å². The van der Waals surface area contributed by atoms with Gasteiger partial charge in [0.25, 0.3) is 5.91 Å². The van der Waals surface area contributed by atoms with Crippen molar-refractivity contribution in [1.82, 2.24) is 9.80 Å². The van der Waals surface area contributed by atoms with Crippen LogP contribution in [0.3, 0.4) is 0 Å². The van der Waals surface area contributed by atoms with E-state index in [-0.39, 0.29) is 5.91 Å². The first-order chi connectivity index (χ1) is 7.70. The van der Waals surface area contributed by atoms with Crippen LogP contribution in [0.15, 0.2) is 16.3 Å². The Morgan fingerprint density at radius 2 is 2.12 bits per heavy atom. The summed E-state index contributed by atoms with van der Waals surface area (Å²) in [4.78, 5) is 18.1. The smallest absolute Gasteiger partial charge is 0.264 e. The van der Waals surface area contributed by atoms with Gasteiger partial charge in [0.1, 0.15) is 0 Å². The van der Waals surface area contributed by atoms with Gasteiger partial charge in [-0.05, 0) is 12.6 Å². The largest absolute Gasteiger partial charge is 0.335 e. The topological polar surface area (TPSA) is 23.6 Å². The summed E-state index contributed by atoms with van der Waals surface area (Å²) < 4.78 is 0. The molecule has 0 aliphatic carbocycles. The van der Waals surface area contributed by atoms with E-state index in [1.807, 2.05) is 16.3 Å². The van der Waals surface area contributed by atoms with Crippen LogP contribution in [0.2, 0.25) is 0 Å². The van der Waals surface area contributed by atoms with Crippen LogP contribution in [-0.2, 0) is 0 Å². The van der Waals surface area contributed by atoms with E-state index in [4.69, 9.17) is 0 Å². The Morgan fingerprint density at radius 3 is 2.62 bits per heavy atom. The van der Waals surface area contributed by atoms with Gasteiger partial charge < -0.3 is 9.80 Å². The summed E-state index contributed by atoms with van der Waals surface area (Å²) in [6.07, 6.45) is 0. The first-order valence-corrected chi connectivity index (χ1v) is 6.82. The number of thiol groups is 1. The fourth-order valence-corrected chi connectivity index (χ4v) is 2.98. The van der Waals surface area contributed by atoms with Gasteiger partial charge in [0.2, 0.25) is 0 Å². The molecule has 1 amide bonds. The molecule has 5 heteroatoms. The molecule has 1 fully saturated rings. The third-order valence-electron chi connectivity index (χ3n) is 2.90. The Bertz CT molecular complexity index is 370. The normalized spacial score (nSPS) is 17.8. The molecule has 1 aliphatic heterocycles. The lowest BCUT2D eigenvalue weighted by molar-refractivity contribution is 0.0648. The molecule has 0 aromatic carbocycles. The SMILES string of the molecule is CCN1CCN(C(=O)c2cc(S)cs2)CC1. The van der Waals surface area contributed by atoms with E-state index >= 15 is 0 Å². The van der Waals surface area contributed by atoms with Crippen molar-refractivity contribution in [2.45, 2.75) is 11.8 Å². The van der Waals surface area contributed by atoms with Crippen molar-refractivity contribution in [2.24, 2.45) is 0 Å². The molecule has 2 rings (SSSR count). The van der Waals surface area contributed by atoms with Crippen LogP contribution in [0, 0.1) is 0 Å². The summed E-state index contributed by atoms with van der Waals surface area (Å²) in [6.45, 7) is 6.88. The molecule has 0 radical (unpaired) electrons. The zero-order valence-electron chi connectivity index (χ0n) is 9.35. The number of likely N-dealkylation sites (N-methyl/N-ethyl adjacent to an activating group) is 1. The third kappa shape index (κ3) is 2.59. The third-order valence-corrected chi connectivity index (χ3v) is 4.25. The molecule has 2 heterocycles. The molecule has 1 aromatic rings. The Balaban J connectivity index is 1.96. The summed E-state index contributed by atoms with van der Waals surface area (Å²) in [6, 6.07) is 1.85. The Morgan fingerprint density at radius 1 is 1.44 bits per heavy atom. The van der Waals surface area contributed by atoms with Gasteiger partial charge in [-0.15, -0.1) is 24.0 Å². The predicted molar refractivity (Wildman–Crippen MR) is 69.6 cm³/mol. The Hall–Kier alpha value is -0.520. The van der Waals surface area contributed by atoms with Gasteiger partial charge in [-0.1, -0.05) is 6.92 Å². The fraction of sp³-hybridized carbons (Fsp3) is 0.545. The van der Waals surface area contributed by atoms with Gasteiger partial charge >= 0.3 is 0 Å². The van der Waals surface area contributed by atoms with Crippen LogP contribution < -0.4 is 0 Å². The summed E-state index contributed by atoms with van der Waals surface area (Å²) in [5, 5.41) is 1.90. The molecule has 88 valence electrons. The number of carbonyl (C=O) groups is 1. The summed E-state index contributed by atoms with van der Waals surface area (Å²) >= 11 is 5.70. The number of thiophene rings is 1. The molecular formula is C11H16N2OS2. The van der Waals surface area contributed by atoms with Crippen LogP contribution in [-0.4, -0.2) is 48.4 Å². The van der Waals surface area contributed by atoms with Crippen molar-refractivity contribution in [1.29, 1.82) is 0 Å². The van der Waals surface area contributed by atoms with Gasteiger partial charge in [-0.25, -0.2) is 0 Å². The molecular weight excluding hydrogens is 240 g/mol. The molecule has 1 aromatic heterocycles. The molecule has 0 N–H and O–H groups in total. The summed E-state index contributed by atoms with van der Waals surface area (Å²) in [7, 11) is 0. The number of nitrogens with zero attached hydrogens (tertiary/aromatic N) is 2. The molecule has 1 saturated heterocycles. The second-order valence-electron chi connectivity index (χ2n) is 3.90. The predicted octanol–water partition coefficient (Wildman–Crippen LogP) is 1.81. The molecule has 0 bridgehead atoms. The van der Waals surface area contributed by atoms with Gasteiger partial charge in [0.05, 0.1) is 4.88 Å². The first kappa shape index (κ1) is 12.0. The lowest BCUT2D eigenvalue weighted by Crippen LogP contribution is -2.48. The van der Waals surface area contributed by atoms with Crippen LogP contribution >= 0.6 is 24.0 Å². The van der Waals surface area contributed by atoms with Crippen molar-refractivity contribution in [3.63, 3.8) is 0 Å². The van der Waals surface area contributed by atoms with Gasteiger partial charge in [-0.3, -0.25) is 4.79 Å². The molecule has 0 atom stereocenters. The zero-order valence-corrected chi connectivity index (χ0v) is 11.1. The average molecular weight is 256 g/mol. The maximum absolute atomic E-state index is 12.1. The van der Waals surface area contributed by atoms with Crippen molar-refractivity contribution in [3.05, 3.63) is 16.3 Å². The van der Waals surface area contributed by atoms with Crippen LogP contribution in [0.25, 0.3) is 0 Å². The van der Waals surface area contributed by atoms with E-state index in [0.717, 1.165) is 42.5 Å². The van der Waals surface area contributed by atoms with Gasteiger partial charge in [0.15, 0.2) is 0 Å². The zero-order chi connectivity index (χ0) is 11.5. The monoisotopic (exact) mass is 256 g/mol. The highest BCUT2D eigenvalue weighted by Gasteiger charge is 2.21. The second kappa shape index (κ2) is 5.21. The minimum absolute atomic E-state index is 0.154. The Labute approximate surface area is 105 Å². The average Bonchev–Trinajstić information content (AvgIpc) is 2.75. The van der Waals surface area contributed by atoms with Crippen molar-refractivity contribution in [2.75, 3.05) is 32.7 Å². The number of amides is 1. The van der Waals surface area contributed by atoms with Crippen molar-refractivity contribution in [3.8, 4) is 0 Å². The maximum Gasteiger partial charge on any atom is 0.264 e. The van der Waals surface area contributed by atoms with E-state index in [0.29, 0.717) is 0 Å². The lowest BCUT2D eigenvalue weighted by Gasteiger charge is -2.33. The standard InChI is InChI=1S/C11H16N2OS2/c1-2-12-3-5-13(6-4-12)11(14)10-7-9(15)8-16-10/h7-8,15H,2-6H2,1H3. The van der Waals surface area contributed by atoms with Crippen molar-refractivity contribution >= 4 is 29.9 Å². The fourth-order valence-electron chi connectivity index (χ4n) is 1.86. The molecule has 0 spiro atoms. The van der Waals surface area contributed by atoms with E-state index in [2.05, 4.69) is 24.5 Å². The minimum Gasteiger partial charge on any atom is -0.335 e. The Kier molecular flexibility index (Phi) is 3.89. The molecule has 3 nitrogen and oxygen atoms in total. The second-order valence-corrected chi connectivity index (χ2v) is 5.32. The van der Waals surface area contributed by atoms with E-state index in [9.17, 15) is 4.79 Å². The van der Waals surface area contributed by atoms with E-state index in [1.54, 1.807) is 0 Å². The highest BCUT2D eigenvalue weighted by atomic mass is 32.1. The van der Waals surface area contributed by atoms with Crippen LogP contribution in [0.4, 0.5) is 0 Å². The number of carbonyl (C=O) groups excluding carboxylic acids is 1. The highest BCUT2D eigenvalue weighted by Crippen LogP contribution is 2.19. The number of hydrogen-bond acceptors (Lipinski definition) is 4. The summed E-state index contributed by atoms with van der Waals surface area (Å²) in [5.41, 5.74) is 0. The molecule has 0 unspecified atom stereocenters. The van der Waals surface area contributed by atoms with Gasteiger partial charge in [0, 0.05) is 36.5 Å². The lowest BCUT2D eigenvalue weighted by atomic mass is 10.3. The maximum atomic E-state index is 12.1. The van der Waals surface area contributed by atoms with Crippen LogP contribution in [0.5, 0.6) is 0 Å². The highest BCUT2D eigenvalue weighted by molar-refractivity contribution is 7.80. The molecule has 16 heavy (non-hydrogen) atoms. The van der Waals surface area contributed by atoms with E-state index in [1.165, 1.54) is 11.3 Å².